The second-order valence-electron chi connectivity index (χ2n) is 6.14. The summed E-state index contributed by atoms with van der Waals surface area (Å²) in [6.07, 6.45) is 0.899. The van der Waals surface area contributed by atoms with E-state index in [0.29, 0.717) is 5.56 Å². The Bertz CT molecular complexity index is 703. The molecular formula is C18H20. The number of benzene rings is 2. The van der Waals surface area contributed by atoms with Crippen molar-refractivity contribution in [2.75, 3.05) is 0 Å². The highest BCUT2D eigenvalue weighted by Crippen LogP contribution is 2.40. The average molecular weight is 239 g/mol. The molecule has 0 bridgehead atoms. The molecule has 18 heavy (non-hydrogen) atoms. The van der Waals surface area contributed by atoms with Gasteiger partial charge < -0.3 is 0 Å². The van der Waals surface area contributed by atoms with Gasteiger partial charge in [0, 0.05) is 4.11 Å². The van der Waals surface area contributed by atoms with Gasteiger partial charge in [-0.1, -0.05) is 57.2 Å². The zero-order valence-electron chi connectivity index (χ0n) is 14.2. The van der Waals surface area contributed by atoms with E-state index in [2.05, 4.69) is 39.0 Å². The molecule has 0 aromatic heterocycles. The Labute approximate surface area is 114 Å². The number of hydrogen-bond acceptors (Lipinski definition) is 0. The standard InChI is InChI=1S/C18H20/c1-12-9-16-14(11-17(12)18(2,3)4)10-13-7-5-6-8-15(13)16/h5-9,11H,10H2,1-4H3/i1D3. The van der Waals surface area contributed by atoms with Crippen LogP contribution in [0.4, 0.5) is 0 Å². The van der Waals surface area contributed by atoms with Crippen molar-refractivity contribution in [1.29, 1.82) is 0 Å². The Kier molecular flexibility index (Phi) is 1.76. The van der Waals surface area contributed by atoms with Crippen LogP contribution in [0.25, 0.3) is 11.1 Å². The summed E-state index contributed by atoms with van der Waals surface area (Å²) < 4.78 is 23.6. The molecule has 1 aliphatic carbocycles. The number of fused-ring (bicyclic) bond motifs is 3. The van der Waals surface area contributed by atoms with Crippen molar-refractivity contribution >= 4 is 0 Å². The first-order chi connectivity index (χ1) is 9.68. The van der Waals surface area contributed by atoms with Gasteiger partial charge in [0.15, 0.2) is 0 Å². The van der Waals surface area contributed by atoms with E-state index in [1.165, 1.54) is 16.7 Å². The van der Waals surface area contributed by atoms with E-state index in [4.69, 9.17) is 4.11 Å². The second kappa shape index (κ2) is 3.71. The van der Waals surface area contributed by atoms with E-state index in [9.17, 15) is 0 Å². The third kappa shape index (κ3) is 1.68. The van der Waals surface area contributed by atoms with Crippen molar-refractivity contribution < 1.29 is 4.11 Å². The van der Waals surface area contributed by atoms with Crippen LogP contribution in [0.1, 0.15) is 47.1 Å². The fourth-order valence-electron chi connectivity index (χ4n) is 2.80. The molecule has 0 atom stereocenters. The molecular weight excluding hydrogens is 216 g/mol. The molecule has 3 rings (SSSR count). The van der Waals surface area contributed by atoms with Crippen molar-refractivity contribution in [2.24, 2.45) is 0 Å². The van der Waals surface area contributed by atoms with Crippen LogP contribution in [-0.4, -0.2) is 0 Å². The zero-order chi connectivity index (χ0) is 15.4. The van der Waals surface area contributed by atoms with E-state index >= 15 is 0 Å². The van der Waals surface area contributed by atoms with Gasteiger partial charge in [0.2, 0.25) is 0 Å². The molecule has 0 heteroatoms. The predicted octanol–water partition coefficient (Wildman–Crippen LogP) is 4.86. The van der Waals surface area contributed by atoms with E-state index in [1.807, 2.05) is 18.2 Å². The molecule has 0 spiro atoms. The SMILES string of the molecule is [2H]C([2H])([2H])c1cc2c(cc1C(C)(C)C)Cc1ccccc1-2. The van der Waals surface area contributed by atoms with Crippen molar-refractivity contribution in [2.45, 2.75) is 39.5 Å². The third-order valence-electron chi connectivity index (χ3n) is 3.74. The fourth-order valence-corrected chi connectivity index (χ4v) is 2.80. The molecule has 1 aliphatic rings. The Morgan fingerprint density at radius 2 is 1.78 bits per heavy atom. The summed E-state index contributed by atoms with van der Waals surface area (Å²) in [6, 6.07) is 12.3. The summed E-state index contributed by atoms with van der Waals surface area (Å²) in [4.78, 5) is 0. The van der Waals surface area contributed by atoms with Gasteiger partial charge in [0.25, 0.3) is 0 Å². The molecule has 0 aliphatic heterocycles. The Morgan fingerprint density at radius 3 is 2.50 bits per heavy atom. The summed E-state index contributed by atoms with van der Waals surface area (Å²) >= 11 is 0. The normalized spacial score (nSPS) is 16.5. The van der Waals surface area contributed by atoms with Gasteiger partial charge in [-0.2, -0.15) is 0 Å². The zero-order valence-corrected chi connectivity index (χ0v) is 11.2. The van der Waals surface area contributed by atoms with Crippen molar-refractivity contribution in [3.05, 3.63) is 58.7 Å². The highest BCUT2D eigenvalue weighted by Gasteiger charge is 2.23. The maximum Gasteiger partial charge on any atom is 0.0280 e. The molecule has 0 nitrogen and oxygen atoms in total. The van der Waals surface area contributed by atoms with Gasteiger partial charge in [-0.3, -0.25) is 0 Å². The third-order valence-corrected chi connectivity index (χ3v) is 3.74. The first kappa shape index (κ1) is 8.53. The van der Waals surface area contributed by atoms with E-state index in [-0.39, 0.29) is 5.41 Å². The highest BCUT2D eigenvalue weighted by atomic mass is 14.3. The maximum atomic E-state index is 7.87. The van der Waals surface area contributed by atoms with Crippen molar-refractivity contribution in [3.63, 3.8) is 0 Å². The minimum absolute atomic E-state index is 0.173. The van der Waals surface area contributed by atoms with Crippen LogP contribution < -0.4 is 0 Å². The lowest BCUT2D eigenvalue weighted by Crippen LogP contribution is -2.13. The van der Waals surface area contributed by atoms with Crippen LogP contribution in [0, 0.1) is 6.85 Å². The molecule has 0 unspecified atom stereocenters. The van der Waals surface area contributed by atoms with Crippen LogP contribution >= 0.6 is 0 Å². The predicted molar refractivity (Wildman–Crippen MR) is 78.1 cm³/mol. The van der Waals surface area contributed by atoms with Crippen molar-refractivity contribution in [3.8, 4) is 11.1 Å². The largest absolute Gasteiger partial charge is 0.0619 e. The van der Waals surface area contributed by atoms with Gasteiger partial charge in [0.1, 0.15) is 0 Å². The molecule has 0 amide bonds. The molecule has 92 valence electrons. The monoisotopic (exact) mass is 239 g/mol. The molecule has 0 fully saturated rings. The fraction of sp³-hybridized carbons (Fsp3) is 0.333. The number of aryl methyl sites for hydroxylation is 1. The van der Waals surface area contributed by atoms with Gasteiger partial charge in [-0.25, -0.2) is 0 Å². The second-order valence-corrected chi connectivity index (χ2v) is 6.14. The molecule has 2 aromatic carbocycles. The van der Waals surface area contributed by atoms with E-state index in [1.54, 1.807) is 0 Å². The Morgan fingerprint density at radius 1 is 1.00 bits per heavy atom. The average Bonchev–Trinajstić information content (AvgIpc) is 2.73. The molecule has 0 heterocycles. The van der Waals surface area contributed by atoms with Crippen LogP contribution in [0.2, 0.25) is 0 Å². The van der Waals surface area contributed by atoms with Crippen molar-refractivity contribution in [1.82, 2.24) is 0 Å². The lowest BCUT2D eigenvalue weighted by atomic mass is 9.82. The Balaban J connectivity index is 2.27. The highest BCUT2D eigenvalue weighted by molar-refractivity contribution is 5.77. The summed E-state index contributed by atoms with van der Waals surface area (Å²) in [5, 5.41) is 0. The van der Waals surface area contributed by atoms with Crippen LogP contribution in [0.3, 0.4) is 0 Å². The van der Waals surface area contributed by atoms with Gasteiger partial charge >= 0.3 is 0 Å². The number of rotatable bonds is 0. The van der Waals surface area contributed by atoms with E-state index in [0.717, 1.165) is 17.5 Å². The summed E-state index contributed by atoms with van der Waals surface area (Å²) in [5.41, 5.74) is 6.06. The molecule has 0 radical (unpaired) electrons. The summed E-state index contributed by atoms with van der Waals surface area (Å²) in [6.45, 7) is 4.15. The maximum absolute atomic E-state index is 7.87. The minimum atomic E-state index is -2.07. The van der Waals surface area contributed by atoms with Gasteiger partial charge in [-0.15, -0.1) is 0 Å². The summed E-state index contributed by atoms with van der Waals surface area (Å²) in [7, 11) is 0. The molecule has 0 N–H and O–H groups in total. The minimum Gasteiger partial charge on any atom is -0.0619 e. The van der Waals surface area contributed by atoms with Crippen LogP contribution in [-0.2, 0) is 11.8 Å². The summed E-state index contributed by atoms with van der Waals surface area (Å²) in [5.74, 6) is 0. The van der Waals surface area contributed by atoms with E-state index < -0.39 is 6.85 Å². The quantitative estimate of drug-likeness (QED) is 0.525. The number of hydrogen-bond donors (Lipinski definition) is 0. The molecule has 2 aromatic rings. The van der Waals surface area contributed by atoms with Gasteiger partial charge in [0.05, 0.1) is 0 Å². The lowest BCUT2D eigenvalue weighted by molar-refractivity contribution is 0.585. The van der Waals surface area contributed by atoms with Crippen LogP contribution in [0.15, 0.2) is 36.4 Å². The molecule has 0 saturated heterocycles. The first-order valence-electron chi connectivity index (χ1n) is 7.94. The smallest absolute Gasteiger partial charge is 0.0280 e. The molecule has 0 saturated carbocycles. The lowest BCUT2D eigenvalue weighted by Gasteiger charge is -2.23. The van der Waals surface area contributed by atoms with Crippen LogP contribution in [0.5, 0.6) is 0 Å². The Hall–Kier alpha value is -1.56. The van der Waals surface area contributed by atoms with Gasteiger partial charge in [-0.05, 0) is 52.1 Å². The topological polar surface area (TPSA) is 0 Å². The first-order valence-corrected chi connectivity index (χ1v) is 6.44.